The summed E-state index contributed by atoms with van der Waals surface area (Å²) in [6.45, 7) is 2.34. The molecule has 0 fully saturated rings. The minimum atomic E-state index is -0.913. The van der Waals surface area contributed by atoms with Crippen LogP contribution in [0.2, 0.25) is 0 Å². The molecule has 0 unspecified atom stereocenters. The summed E-state index contributed by atoms with van der Waals surface area (Å²) in [6, 6.07) is 0. The molecule has 0 aromatic rings. The predicted octanol–water partition coefficient (Wildman–Crippen LogP) is 1.44. The highest BCUT2D eigenvalue weighted by Crippen LogP contribution is 1.87. The molecule has 1 N–H and O–H groups in total. The van der Waals surface area contributed by atoms with Crippen LogP contribution in [0.1, 0.15) is 19.8 Å². The molecule has 11 heavy (non-hydrogen) atoms. The van der Waals surface area contributed by atoms with Crippen molar-refractivity contribution in [2.24, 2.45) is 0 Å². The second-order valence-electron chi connectivity index (χ2n) is 2.11. The van der Waals surface area contributed by atoms with Gasteiger partial charge in [0.1, 0.15) is 6.61 Å². The van der Waals surface area contributed by atoms with Crippen molar-refractivity contribution < 1.29 is 14.6 Å². The van der Waals surface area contributed by atoms with Gasteiger partial charge in [0.15, 0.2) is 0 Å². The lowest BCUT2D eigenvalue weighted by molar-refractivity contribution is -0.142. The maximum atomic E-state index is 9.95. The van der Waals surface area contributed by atoms with E-state index < -0.39 is 5.97 Å². The number of hydrogen-bond acceptors (Lipinski definition) is 2. The van der Waals surface area contributed by atoms with Crippen LogP contribution in [-0.2, 0) is 9.53 Å². The van der Waals surface area contributed by atoms with Gasteiger partial charge in [0, 0.05) is 0 Å². The molecule has 0 bridgehead atoms. The molecule has 64 valence electrons. The van der Waals surface area contributed by atoms with Gasteiger partial charge in [-0.3, -0.25) is 0 Å². The molecule has 0 rings (SSSR count). The summed E-state index contributed by atoms with van der Waals surface area (Å²) in [5.74, 6) is -0.913. The Hall–Kier alpha value is -0.830. The van der Waals surface area contributed by atoms with E-state index in [9.17, 15) is 4.79 Å². The van der Waals surface area contributed by atoms with Gasteiger partial charge in [-0.1, -0.05) is 19.1 Å². The molecule has 0 aliphatic heterocycles. The summed E-state index contributed by atoms with van der Waals surface area (Å²) < 4.78 is 4.79. The highest BCUT2D eigenvalue weighted by atomic mass is 16.5. The first-order valence-electron chi connectivity index (χ1n) is 3.72. The summed E-state index contributed by atoms with van der Waals surface area (Å²) in [4.78, 5) is 9.95. The van der Waals surface area contributed by atoms with Crippen molar-refractivity contribution in [1.29, 1.82) is 0 Å². The molecule has 0 radical (unpaired) electrons. The standard InChI is InChI=1S/C8H14O3/c1-2-3-4-5-6-11-7-8(9)10/h3-4H,2,5-7H2,1H3,(H,9,10). The van der Waals surface area contributed by atoms with Gasteiger partial charge in [-0.05, 0) is 12.8 Å². The van der Waals surface area contributed by atoms with Gasteiger partial charge < -0.3 is 9.84 Å². The SMILES string of the molecule is CCC=CCCOCC(=O)O. The number of carboxylic acids is 1. The zero-order chi connectivity index (χ0) is 8.53. The normalized spacial score (nSPS) is 10.6. The van der Waals surface area contributed by atoms with Gasteiger partial charge in [0.05, 0.1) is 6.61 Å². The molecule has 0 aliphatic rings. The summed E-state index contributed by atoms with van der Waals surface area (Å²) in [6.07, 6.45) is 5.83. The second kappa shape index (κ2) is 7.28. The molecule has 0 saturated carbocycles. The number of allylic oxidation sites excluding steroid dienone is 1. The highest BCUT2D eigenvalue weighted by Gasteiger charge is 1.93. The van der Waals surface area contributed by atoms with E-state index in [0.717, 1.165) is 12.8 Å². The molecule has 0 aromatic carbocycles. The van der Waals surface area contributed by atoms with Crippen molar-refractivity contribution in [3.05, 3.63) is 12.2 Å². The quantitative estimate of drug-likeness (QED) is 0.470. The first-order valence-corrected chi connectivity index (χ1v) is 3.72. The van der Waals surface area contributed by atoms with Crippen LogP contribution in [0.3, 0.4) is 0 Å². The lowest BCUT2D eigenvalue weighted by Crippen LogP contribution is -2.07. The third kappa shape index (κ3) is 9.17. The Morgan fingerprint density at radius 2 is 2.27 bits per heavy atom. The van der Waals surface area contributed by atoms with Crippen LogP contribution < -0.4 is 0 Å². The minimum Gasteiger partial charge on any atom is -0.480 e. The number of ether oxygens (including phenoxy) is 1. The average Bonchev–Trinajstić information content (AvgIpc) is 1.96. The molecule has 3 nitrogen and oxygen atoms in total. The number of rotatable bonds is 6. The van der Waals surface area contributed by atoms with Crippen molar-refractivity contribution in [2.75, 3.05) is 13.2 Å². The third-order valence-corrected chi connectivity index (χ3v) is 1.06. The van der Waals surface area contributed by atoms with Crippen molar-refractivity contribution in [3.8, 4) is 0 Å². The van der Waals surface area contributed by atoms with Gasteiger partial charge in [0.25, 0.3) is 0 Å². The monoisotopic (exact) mass is 158 g/mol. The summed E-state index contributed by atoms with van der Waals surface area (Å²) in [5, 5.41) is 8.17. The molecule has 0 aliphatic carbocycles. The minimum absolute atomic E-state index is 0.194. The van der Waals surface area contributed by atoms with E-state index >= 15 is 0 Å². The molecular weight excluding hydrogens is 144 g/mol. The molecule has 0 atom stereocenters. The van der Waals surface area contributed by atoms with Gasteiger partial charge in [0.2, 0.25) is 0 Å². The van der Waals surface area contributed by atoms with Gasteiger partial charge >= 0.3 is 5.97 Å². The van der Waals surface area contributed by atoms with Crippen molar-refractivity contribution in [2.45, 2.75) is 19.8 Å². The van der Waals surface area contributed by atoms with E-state index in [1.807, 2.05) is 12.2 Å². The third-order valence-electron chi connectivity index (χ3n) is 1.06. The molecule has 0 spiro atoms. The number of carbonyl (C=O) groups is 1. The molecule has 0 amide bonds. The highest BCUT2D eigenvalue weighted by molar-refractivity contribution is 5.67. The van der Waals surface area contributed by atoms with E-state index in [1.165, 1.54) is 0 Å². The summed E-state index contributed by atoms with van der Waals surface area (Å²) >= 11 is 0. The first-order chi connectivity index (χ1) is 5.27. The average molecular weight is 158 g/mol. The van der Waals surface area contributed by atoms with Crippen LogP contribution in [-0.4, -0.2) is 24.3 Å². The van der Waals surface area contributed by atoms with Crippen LogP contribution in [0, 0.1) is 0 Å². The van der Waals surface area contributed by atoms with Crippen molar-refractivity contribution in [1.82, 2.24) is 0 Å². The lowest BCUT2D eigenvalue weighted by Gasteiger charge is -1.95. The van der Waals surface area contributed by atoms with E-state index in [0.29, 0.717) is 6.61 Å². The van der Waals surface area contributed by atoms with Crippen molar-refractivity contribution in [3.63, 3.8) is 0 Å². The zero-order valence-electron chi connectivity index (χ0n) is 6.75. The number of hydrogen-bond donors (Lipinski definition) is 1. The summed E-state index contributed by atoms with van der Waals surface area (Å²) in [7, 11) is 0. The van der Waals surface area contributed by atoms with Crippen LogP contribution in [0.15, 0.2) is 12.2 Å². The number of carboxylic acid groups (broad SMARTS) is 1. The summed E-state index contributed by atoms with van der Waals surface area (Å²) in [5.41, 5.74) is 0. The van der Waals surface area contributed by atoms with E-state index in [4.69, 9.17) is 9.84 Å². The Morgan fingerprint density at radius 3 is 2.82 bits per heavy atom. The van der Waals surface area contributed by atoms with Gasteiger partial charge in [-0.25, -0.2) is 4.79 Å². The van der Waals surface area contributed by atoms with Gasteiger partial charge in [-0.15, -0.1) is 0 Å². The van der Waals surface area contributed by atoms with Crippen LogP contribution in [0.25, 0.3) is 0 Å². The van der Waals surface area contributed by atoms with Gasteiger partial charge in [-0.2, -0.15) is 0 Å². The van der Waals surface area contributed by atoms with Crippen molar-refractivity contribution >= 4 is 5.97 Å². The molecule has 0 saturated heterocycles. The smallest absolute Gasteiger partial charge is 0.329 e. The fraction of sp³-hybridized carbons (Fsp3) is 0.625. The molecule has 0 aromatic heterocycles. The maximum Gasteiger partial charge on any atom is 0.329 e. The topological polar surface area (TPSA) is 46.5 Å². The van der Waals surface area contributed by atoms with Crippen LogP contribution in [0.5, 0.6) is 0 Å². The Morgan fingerprint density at radius 1 is 1.55 bits per heavy atom. The van der Waals surface area contributed by atoms with E-state index in [2.05, 4.69) is 6.92 Å². The van der Waals surface area contributed by atoms with E-state index in [1.54, 1.807) is 0 Å². The molecule has 3 heteroatoms. The van der Waals surface area contributed by atoms with Crippen LogP contribution in [0.4, 0.5) is 0 Å². The predicted molar refractivity (Wildman–Crippen MR) is 42.5 cm³/mol. The molecular formula is C8H14O3. The van der Waals surface area contributed by atoms with Crippen LogP contribution >= 0.6 is 0 Å². The zero-order valence-corrected chi connectivity index (χ0v) is 6.75. The molecule has 0 heterocycles. The first kappa shape index (κ1) is 10.2. The lowest BCUT2D eigenvalue weighted by atomic mass is 10.3. The Bertz CT molecular complexity index is 129. The van der Waals surface area contributed by atoms with E-state index in [-0.39, 0.29) is 6.61 Å². The Kier molecular flexibility index (Phi) is 6.73. The Balaban J connectivity index is 3.02. The second-order valence-corrected chi connectivity index (χ2v) is 2.11. The maximum absolute atomic E-state index is 9.95. The fourth-order valence-electron chi connectivity index (χ4n) is 0.595. The fourth-order valence-corrected chi connectivity index (χ4v) is 0.595. The Labute approximate surface area is 66.7 Å². The largest absolute Gasteiger partial charge is 0.480 e. The number of aliphatic carboxylic acids is 1.